The zero-order valence-electron chi connectivity index (χ0n) is 12.8. The lowest BCUT2D eigenvalue weighted by Gasteiger charge is -2.07. The van der Waals surface area contributed by atoms with Gasteiger partial charge in [-0.2, -0.15) is 0 Å². The van der Waals surface area contributed by atoms with Gasteiger partial charge in [0, 0.05) is 13.1 Å². The maximum Gasteiger partial charge on any atom is 0.271 e. The molecule has 0 fully saturated rings. The highest BCUT2D eigenvalue weighted by Gasteiger charge is 2.07. The van der Waals surface area contributed by atoms with E-state index in [-0.39, 0.29) is 5.91 Å². The molecule has 6 nitrogen and oxygen atoms in total. The van der Waals surface area contributed by atoms with E-state index in [1.54, 1.807) is 13.3 Å². The van der Waals surface area contributed by atoms with E-state index >= 15 is 0 Å². The lowest BCUT2D eigenvalue weighted by atomic mass is 10.2. The Balaban J connectivity index is 1.88. The zero-order chi connectivity index (χ0) is 15.8. The number of hydrogen-bond acceptors (Lipinski definition) is 5. The molecule has 0 unspecified atom stereocenters. The van der Waals surface area contributed by atoms with E-state index in [0.29, 0.717) is 18.1 Å². The number of hydrogen-bond donors (Lipinski definition) is 2. The van der Waals surface area contributed by atoms with Gasteiger partial charge in [0.2, 0.25) is 0 Å². The first kappa shape index (κ1) is 15.8. The fourth-order valence-electron chi connectivity index (χ4n) is 1.81. The van der Waals surface area contributed by atoms with Crippen LogP contribution in [-0.4, -0.2) is 29.5 Å². The van der Waals surface area contributed by atoms with Gasteiger partial charge in [-0.3, -0.25) is 4.79 Å². The van der Waals surface area contributed by atoms with E-state index in [1.807, 2.05) is 24.3 Å². The van der Waals surface area contributed by atoms with Crippen LogP contribution < -0.4 is 15.4 Å². The van der Waals surface area contributed by atoms with E-state index in [0.717, 1.165) is 24.3 Å². The Labute approximate surface area is 129 Å². The van der Waals surface area contributed by atoms with Crippen molar-refractivity contribution in [2.24, 2.45) is 0 Å². The van der Waals surface area contributed by atoms with E-state index in [4.69, 9.17) is 4.74 Å². The molecule has 1 amide bonds. The molecule has 0 radical (unpaired) electrons. The molecule has 1 aromatic heterocycles. The standard InChI is InChI=1S/C16H20N4O2/c1-3-8-17-15-11-18-14(10-19-15)16(21)20-9-12-4-6-13(22-2)7-5-12/h4-7,10-11H,3,8-9H2,1-2H3,(H,17,19)(H,20,21). The lowest BCUT2D eigenvalue weighted by Crippen LogP contribution is -2.24. The van der Waals surface area contributed by atoms with Gasteiger partial charge in [0.1, 0.15) is 17.3 Å². The van der Waals surface area contributed by atoms with Gasteiger partial charge in [0.15, 0.2) is 0 Å². The maximum atomic E-state index is 12.0. The van der Waals surface area contributed by atoms with Crippen LogP contribution in [0.15, 0.2) is 36.7 Å². The molecule has 2 N–H and O–H groups in total. The van der Waals surface area contributed by atoms with E-state index in [9.17, 15) is 4.79 Å². The van der Waals surface area contributed by atoms with Gasteiger partial charge in [-0.1, -0.05) is 19.1 Å². The van der Waals surface area contributed by atoms with Crippen LogP contribution in [0.3, 0.4) is 0 Å². The van der Waals surface area contributed by atoms with Crippen molar-refractivity contribution in [1.82, 2.24) is 15.3 Å². The third kappa shape index (κ3) is 4.44. The van der Waals surface area contributed by atoms with Crippen LogP contribution in [-0.2, 0) is 6.54 Å². The smallest absolute Gasteiger partial charge is 0.271 e. The third-order valence-electron chi connectivity index (χ3n) is 3.05. The third-order valence-corrected chi connectivity index (χ3v) is 3.05. The minimum atomic E-state index is -0.245. The first-order valence-electron chi connectivity index (χ1n) is 7.20. The molecule has 0 saturated carbocycles. The van der Waals surface area contributed by atoms with Crippen molar-refractivity contribution in [2.45, 2.75) is 19.9 Å². The summed E-state index contributed by atoms with van der Waals surface area (Å²) in [4.78, 5) is 20.3. The van der Waals surface area contributed by atoms with Gasteiger partial charge in [-0.25, -0.2) is 9.97 Å². The summed E-state index contributed by atoms with van der Waals surface area (Å²) in [5, 5.41) is 5.92. The number of rotatable bonds is 7. The molecule has 116 valence electrons. The summed E-state index contributed by atoms with van der Waals surface area (Å²) < 4.78 is 5.09. The molecule has 2 rings (SSSR count). The van der Waals surface area contributed by atoms with Crippen LogP contribution in [0.1, 0.15) is 29.4 Å². The molecular weight excluding hydrogens is 280 g/mol. The predicted molar refractivity (Wildman–Crippen MR) is 85.0 cm³/mol. The number of ether oxygens (including phenoxy) is 1. The number of methoxy groups -OCH3 is 1. The first-order chi connectivity index (χ1) is 10.7. The SMILES string of the molecule is CCCNc1cnc(C(=O)NCc2ccc(OC)cc2)cn1. The molecule has 0 saturated heterocycles. The predicted octanol–water partition coefficient (Wildman–Crippen LogP) is 2.24. The minimum absolute atomic E-state index is 0.245. The molecule has 0 bridgehead atoms. The molecule has 0 atom stereocenters. The van der Waals surface area contributed by atoms with Crippen molar-refractivity contribution in [2.75, 3.05) is 19.0 Å². The average Bonchev–Trinajstić information content (AvgIpc) is 2.58. The topological polar surface area (TPSA) is 76.1 Å². The molecule has 2 aromatic rings. The fraction of sp³-hybridized carbons (Fsp3) is 0.312. The summed E-state index contributed by atoms with van der Waals surface area (Å²) in [6, 6.07) is 7.52. The number of aromatic nitrogens is 2. The van der Waals surface area contributed by atoms with Gasteiger partial charge in [0.05, 0.1) is 19.5 Å². The number of benzene rings is 1. The van der Waals surface area contributed by atoms with Gasteiger partial charge in [-0.05, 0) is 24.1 Å². The second kappa shape index (κ2) is 7.97. The van der Waals surface area contributed by atoms with Crippen molar-refractivity contribution in [3.05, 3.63) is 47.9 Å². The lowest BCUT2D eigenvalue weighted by molar-refractivity contribution is 0.0945. The van der Waals surface area contributed by atoms with Crippen LogP contribution >= 0.6 is 0 Å². The fourth-order valence-corrected chi connectivity index (χ4v) is 1.81. The van der Waals surface area contributed by atoms with Crippen LogP contribution in [0, 0.1) is 0 Å². The van der Waals surface area contributed by atoms with Crippen molar-refractivity contribution in [1.29, 1.82) is 0 Å². The Bertz CT molecular complexity index is 597. The number of nitrogens with one attached hydrogen (secondary N) is 2. The number of amides is 1. The van der Waals surface area contributed by atoms with Crippen LogP contribution in [0.5, 0.6) is 5.75 Å². The maximum absolute atomic E-state index is 12.0. The number of nitrogens with zero attached hydrogens (tertiary/aromatic N) is 2. The van der Waals surface area contributed by atoms with Crippen LogP contribution in [0.25, 0.3) is 0 Å². The number of carbonyl (C=O) groups is 1. The van der Waals surface area contributed by atoms with Gasteiger partial charge >= 0.3 is 0 Å². The largest absolute Gasteiger partial charge is 0.497 e. The highest BCUT2D eigenvalue weighted by atomic mass is 16.5. The Morgan fingerprint density at radius 1 is 1.18 bits per heavy atom. The van der Waals surface area contributed by atoms with Crippen LogP contribution in [0.4, 0.5) is 5.82 Å². The summed E-state index contributed by atoms with van der Waals surface area (Å²) in [6.45, 7) is 3.33. The second-order valence-corrected chi connectivity index (χ2v) is 4.74. The second-order valence-electron chi connectivity index (χ2n) is 4.74. The summed E-state index contributed by atoms with van der Waals surface area (Å²) >= 11 is 0. The summed E-state index contributed by atoms with van der Waals surface area (Å²) in [5.74, 6) is 1.22. The Morgan fingerprint density at radius 3 is 2.55 bits per heavy atom. The molecular formula is C16H20N4O2. The summed E-state index contributed by atoms with van der Waals surface area (Å²) in [7, 11) is 1.62. The molecule has 1 heterocycles. The van der Waals surface area contributed by atoms with E-state index in [2.05, 4.69) is 27.5 Å². The van der Waals surface area contributed by atoms with Crippen molar-refractivity contribution < 1.29 is 9.53 Å². The Kier molecular flexibility index (Phi) is 5.71. The Hall–Kier alpha value is -2.63. The normalized spacial score (nSPS) is 10.1. The van der Waals surface area contributed by atoms with Crippen LogP contribution in [0.2, 0.25) is 0 Å². The van der Waals surface area contributed by atoms with Crippen molar-refractivity contribution >= 4 is 11.7 Å². The molecule has 0 spiro atoms. The summed E-state index contributed by atoms with van der Waals surface area (Å²) in [5.41, 5.74) is 1.29. The van der Waals surface area contributed by atoms with Gasteiger partial charge < -0.3 is 15.4 Å². The molecule has 6 heteroatoms. The quantitative estimate of drug-likeness (QED) is 0.820. The van der Waals surface area contributed by atoms with Crippen molar-refractivity contribution in [3.8, 4) is 5.75 Å². The summed E-state index contributed by atoms with van der Waals surface area (Å²) in [6.07, 6.45) is 4.05. The molecule has 0 aliphatic heterocycles. The van der Waals surface area contributed by atoms with Gasteiger partial charge in [0.25, 0.3) is 5.91 Å². The van der Waals surface area contributed by atoms with Crippen molar-refractivity contribution in [3.63, 3.8) is 0 Å². The van der Waals surface area contributed by atoms with E-state index in [1.165, 1.54) is 6.20 Å². The number of carbonyl (C=O) groups excluding carboxylic acids is 1. The highest BCUT2D eigenvalue weighted by Crippen LogP contribution is 2.11. The monoisotopic (exact) mass is 300 g/mol. The molecule has 22 heavy (non-hydrogen) atoms. The van der Waals surface area contributed by atoms with Gasteiger partial charge in [-0.15, -0.1) is 0 Å². The molecule has 0 aliphatic carbocycles. The zero-order valence-corrected chi connectivity index (χ0v) is 12.8. The highest BCUT2D eigenvalue weighted by molar-refractivity contribution is 5.91. The molecule has 1 aromatic carbocycles. The average molecular weight is 300 g/mol. The minimum Gasteiger partial charge on any atom is -0.497 e. The number of anilines is 1. The Morgan fingerprint density at radius 2 is 1.95 bits per heavy atom. The molecule has 0 aliphatic rings. The van der Waals surface area contributed by atoms with E-state index < -0.39 is 0 Å². The first-order valence-corrected chi connectivity index (χ1v) is 7.20.